The molecule has 0 unspecified atom stereocenters. The molecule has 24 heavy (non-hydrogen) atoms. The summed E-state index contributed by atoms with van der Waals surface area (Å²) in [7, 11) is 4.09. The zero-order valence-corrected chi connectivity index (χ0v) is 14.1. The molecule has 3 rings (SSSR count). The van der Waals surface area contributed by atoms with E-state index in [1.54, 1.807) is 0 Å². The van der Waals surface area contributed by atoms with Gasteiger partial charge in [0.2, 0.25) is 0 Å². The van der Waals surface area contributed by atoms with Crippen LogP contribution in [0.5, 0.6) is 5.88 Å². The van der Waals surface area contributed by atoms with Crippen LogP contribution < -0.4 is 9.64 Å². The number of aromatic nitrogens is 1. The molecule has 1 heterocycles. The van der Waals surface area contributed by atoms with E-state index < -0.39 is 0 Å². The molecule has 3 nitrogen and oxygen atoms in total. The van der Waals surface area contributed by atoms with Gasteiger partial charge in [0.25, 0.3) is 0 Å². The Bertz CT molecular complexity index is 787. The van der Waals surface area contributed by atoms with Gasteiger partial charge in [0.1, 0.15) is 6.61 Å². The van der Waals surface area contributed by atoms with E-state index in [-0.39, 0.29) is 0 Å². The van der Waals surface area contributed by atoms with Gasteiger partial charge in [0, 0.05) is 26.0 Å². The molecule has 0 aliphatic rings. The summed E-state index contributed by atoms with van der Waals surface area (Å²) < 4.78 is 5.77. The van der Waals surface area contributed by atoms with Crippen LogP contribution >= 0.6 is 0 Å². The van der Waals surface area contributed by atoms with Crippen molar-refractivity contribution < 1.29 is 4.74 Å². The normalized spacial score (nSPS) is 10.9. The van der Waals surface area contributed by atoms with Crippen LogP contribution in [-0.4, -0.2) is 19.1 Å². The van der Waals surface area contributed by atoms with Crippen molar-refractivity contribution >= 4 is 17.8 Å². The lowest BCUT2D eigenvalue weighted by atomic mass is 10.1. The van der Waals surface area contributed by atoms with Crippen molar-refractivity contribution in [1.82, 2.24) is 4.98 Å². The van der Waals surface area contributed by atoms with Crippen LogP contribution in [-0.2, 0) is 6.61 Å². The predicted octanol–water partition coefficient (Wildman–Crippen LogP) is 4.83. The molecular formula is C21H22N2O. The standard InChI is InChI=1S/C21H22N2O/c1-23(2)20-13-10-17(11-14-20)9-12-18-6-3-4-7-19(18)16-24-21-8-5-15-22-21/h3-15,22H,16H2,1-2H3. The fraction of sp³-hybridized carbons (Fsp3) is 0.143. The summed E-state index contributed by atoms with van der Waals surface area (Å²) in [6, 6.07) is 20.6. The summed E-state index contributed by atoms with van der Waals surface area (Å²) in [5.41, 5.74) is 4.71. The van der Waals surface area contributed by atoms with Crippen LogP contribution in [0.15, 0.2) is 66.9 Å². The molecule has 0 saturated carbocycles. The first-order chi connectivity index (χ1) is 11.7. The van der Waals surface area contributed by atoms with Crippen molar-refractivity contribution in [1.29, 1.82) is 0 Å². The Morgan fingerprint density at radius 2 is 1.71 bits per heavy atom. The van der Waals surface area contributed by atoms with E-state index in [2.05, 4.69) is 58.4 Å². The number of benzene rings is 2. The lowest BCUT2D eigenvalue weighted by Crippen LogP contribution is -2.07. The molecule has 0 amide bonds. The van der Waals surface area contributed by atoms with Gasteiger partial charge in [-0.25, -0.2) is 0 Å². The second kappa shape index (κ2) is 7.55. The lowest BCUT2D eigenvalue weighted by molar-refractivity contribution is 0.295. The van der Waals surface area contributed by atoms with Crippen molar-refractivity contribution in [2.24, 2.45) is 0 Å². The number of H-pyrrole nitrogens is 1. The van der Waals surface area contributed by atoms with Crippen molar-refractivity contribution in [3.05, 3.63) is 83.6 Å². The van der Waals surface area contributed by atoms with Gasteiger partial charge >= 0.3 is 0 Å². The summed E-state index contributed by atoms with van der Waals surface area (Å²) in [5, 5.41) is 0. The summed E-state index contributed by atoms with van der Waals surface area (Å²) in [6.45, 7) is 0.542. The maximum atomic E-state index is 5.77. The Hall–Kier alpha value is -2.94. The maximum absolute atomic E-state index is 5.77. The number of aromatic amines is 1. The quantitative estimate of drug-likeness (QED) is 0.659. The number of rotatable bonds is 6. The van der Waals surface area contributed by atoms with Crippen LogP contribution in [0.25, 0.3) is 12.2 Å². The van der Waals surface area contributed by atoms with E-state index in [9.17, 15) is 0 Å². The summed E-state index contributed by atoms with van der Waals surface area (Å²) in [4.78, 5) is 5.15. The molecule has 0 spiro atoms. The summed E-state index contributed by atoms with van der Waals surface area (Å²) in [6.07, 6.45) is 6.13. The molecule has 2 aromatic carbocycles. The zero-order chi connectivity index (χ0) is 16.8. The number of anilines is 1. The Morgan fingerprint density at radius 3 is 2.42 bits per heavy atom. The van der Waals surface area contributed by atoms with Crippen molar-refractivity contribution in [3.8, 4) is 5.88 Å². The minimum Gasteiger partial charge on any atom is -0.474 e. The third-order valence-corrected chi connectivity index (χ3v) is 3.87. The van der Waals surface area contributed by atoms with Crippen molar-refractivity contribution in [3.63, 3.8) is 0 Å². The number of ether oxygens (including phenoxy) is 1. The SMILES string of the molecule is CN(C)c1ccc(C=Cc2ccccc2COc2ccc[nH]2)cc1. The van der Waals surface area contributed by atoms with Crippen LogP contribution in [0, 0.1) is 0 Å². The fourth-order valence-electron chi connectivity index (χ4n) is 2.46. The molecule has 3 heteroatoms. The van der Waals surface area contributed by atoms with Crippen LogP contribution in [0.3, 0.4) is 0 Å². The third kappa shape index (κ3) is 4.07. The highest BCUT2D eigenvalue weighted by atomic mass is 16.5. The number of nitrogens with one attached hydrogen (secondary N) is 1. The molecule has 0 bridgehead atoms. The zero-order valence-electron chi connectivity index (χ0n) is 14.1. The molecule has 1 aromatic heterocycles. The van der Waals surface area contributed by atoms with Gasteiger partial charge in [-0.3, -0.25) is 0 Å². The Kier molecular flexibility index (Phi) is 5.02. The van der Waals surface area contributed by atoms with E-state index in [4.69, 9.17) is 4.74 Å². The van der Waals surface area contributed by atoms with Gasteiger partial charge in [0.05, 0.1) is 0 Å². The summed E-state index contributed by atoms with van der Waals surface area (Å²) in [5.74, 6) is 0.785. The fourth-order valence-corrected chi connectivity index (χ4v) is 2.46. The number of nitrogens with zero attached hydrogens (tertiary/aromatic N) is 1. The topological polar surface area (TPSA) is 28.3 Å². The van der Waals surface area contributed by atoms with E-state index in [0.717, 1.165) is 11.4 Å². The highest BCUT2D eigenvalue weighted by molar-refractivity contribution is 5.71. The second-order valence-corrected chi connectivity index (χ2v) is 5.84. The molecule has 0 radical (unpaired) electrons. The minimum atomic E-state index is 0.542. The van der Waals surface area contributed by atoms with Gasteiger partial charge < -0.3 is 14.6 Å². The molecule has 3 aromatic rings. The van der Waals surface area contributed by atoms with Gasteiger partial charge in [-0.2, -0.15) is 0 Å². The largest absolute Gasteiger partial charge is 0.474 e. The maximum Gasteiger partial charge on any atom is 0.191 e. The smallest absolute Gasteiger partial charge is 0.191 e. The first-order valence-corrected chi connectivity index (χ1v) is 8.02. The first kappa shape index (κ1) is 15.9. The molecule has 0 atom stereocenters. The molecule has 0 aliphatic carbocycles. The van der Waals surface area contributed by atoms with Crippen LogP contribution in [0.2, 0.25) is 0 Å². The van der Waals surface area contributed by atoms with Gasteiger partial charge in [-0.05, 0) is 41.0 Å². The van der Waals surface area contributed by atoms with Gasteiger partial charge in [0.15, 0.2) is 5.88 Å². The summed E-state index contributed by atoms with van der Waals surface area (Å²) >= 11 is 0. The van der Waals surface area contributed by atoms with Crippen molar-refractivity contribution in [2.75, 3.05) is 19.0 Å². The highest BCUT2D eigenvalue weighted by Crippen LogP contribution is 2.18. The van der Waals surface area contributed by atoms with Gasteiger partial charge in [-0.1, -0.05) is 48.6 Å². The average molecular weight is 318 g/mol. The van der Waals surface area contributed by atoms with E-state index in [0.29, 0.717) is 6.61 Å². The molecule has 1 N–H and O–H groups in total. The average Bonchev–Trinajstić information content (AvgIpc) is 3.12. The first-order valence-electron chi connectivity index (χ1n) is 8.02. The Morgan fingerprint density at radius 1 is 0.917 bits per heavy atom. The monoisotopic (exact) mass is 318 g/mol. The molecule has 122 valence electrons. The molecule has 0 fully saturated rings. The second-order valence-electron chi connectivity index (χ2n) is 5.84. The third-order valence-electron chi connectivity index (χ3n) is 3.87. The van der Waals surface area contributed by atoms with E-state index in [1.807, 2.05) is 44.6 Å². The molecule has 0 aliphatic heterocycles. The van der Waals surface area contributed by atoms with Crippen LogP contribution in [0.4, 0.5) is 5.69 Å². The lowest BCUT2D eigenvalue weighted by Gasteiger charge is -2.11. The minimum absolute atomic E-state index is 0.542. The Balaban J connectivity index is 1.72. The Labute approximate surface area is 143 Å². The molecular weight excluding hydrogens is 296 g/mol. The number of hydrogen-bond donors (Lipinski definition) is 1. The van der Waals surface area contributed by atoms with E-state index >= 15 is 0 Å². The van der Waals surface area contributed by atoms with Crippen molar-refractivity contribution in [2.45, 2.75) is 6.61 Å². The highest BCUT2D eigenvalue weighted by Gasteiger charge is 2.01. The van der Waals surface area contributed by atoms with Gasteiger partial charge in [-0.15, -0.1) is 0 Å². The molecule has 0 saturated heterocycles. The number of hydrogen-bond acceptors (Lipinski definition) is 2. The van der Waals surface area contributed by atoms with Crippen LogP contribution in [0.1, 0.15) is 16.7 Å². The van der Waals surface area contributed by atoms with E-state index in [1.165, 1.54) is 16.8 Å². The predicted molar refractivity (Wildman–Crippen MR) is 101 cm³/mol.